The van der Waals surface area contributed by atoms with Gasteiger partial charge in [0.2, 0.25) is 0 Å². The van der Waals surface area contributed by atoms with E-state index in [1.54, 1.807) is 12.1 Å². The van der Waals surface area contributed by atoms with Crippen LogP contribution in [0.5, 0.6) is 0 Å². The van der Waals surface area contributed by atoms with Crippen molar-refractivity contribution in [3.8, 4) is 0 Å². The molecule has 3 nitrogen and oxygen atoms in total. The number of rotatable bonds is 3. The zero-order chi connectivity index (χ0) is 13.1. The first-order valence-electron chi connectivity index (χ1n) is 7.25. The molecule has 1 aromatic rings. The minimum absolute atomic E-state index is 0.156. The third-order valence-electron chi connectivity index (χ3n) is 4.24. The lowest BCUT2D eigenvalue weighted by Gasteiger charge is -2.37. The number of nitrogens with one attached hydrogen (secondary N) is 1. The monoisotopic (exact) mass is 263 g/mol. The average Bonchev–Trinajstić information content (AvgIpc) is 2.94. The molecule has 0 saturated carbocycles. The summed E-state index contributed by atoms with van der Waals surface area (Å²) in [5.74, 6) is 0.675. The van der Waals surface area contributed by atoms with Gasteiger partial charge in [-0.3, -0.25) is 4.90 Å². The lowest BCUT2D eigenvalue weighted by molar-refractivity contribution is 0.225. The van der Waals surface area contributed by atoms with Crippen LogP contribution in [0.25, 0.3) is 0 Å². The molecule has 0 amide bonds. The van der Waals surface area contributed by atoms with Gasteiger partial charge in [-0.15, -0.1) is 0 Å². The molecule has 1 aromatic carbocycles. The Morgan fingerprint density at radius 2 is 1.84 bits per heavy atom. The van der Waals surface area contributed by atoms with E-state index < -0.39 is 0 Å². The standard InChI is InChI=1S/C15H22FN3/c16-14-1-3-15(4-2-14)19-9-7-18(8-10-19)12-13-5-6-17-11-13/h1-4,13,17H,5-12H2. The van der Waals surface area contributed by atoms with Gasteiger partial charge in [-0.25, -0.2) is 4.39 Å². The molecule has 0 aliphatic carbocycles. The third kappa shape index (κ3) is 3.25. The second kappa shape index (κ2) is 5.88. The maximum Gasteiger partial charge on any atom is 0.123 e. The minimum atomic E-state index is -0.156. The van der Waals surface area contributed by atoms with Crippen LogP contribution < -0.4 is 10.2 Å². The first kappa shape index (κ1) is 12.9. The number of piperazine rings is 1. The summed E-state index contributed by atoms with van der Waals surface area (Å²) >= 11 is 0. The van der Waals surface area contributed by atoms with Crippen LogP contribution in [0.3, 0.4) is 0 Å². The number of halogens is 1. The zero-order valence-corrected chi connectivity index (χ0v) is 11.3. The van der Waals surface area contributed by atoms with Crippen LogP contribution in [0.1, 0.15) is 6.42 Å². The topological polar surface area (TPSA) is 18.5 Å². The van der Waals surface area contributed by atoms with Crippen molar-refractivity contribution in [2.75, 3.05) is 50.7 Å². The molecule has 1 N–H and O–H groups in total. The molecular weight excluding hydrogens is 241 g/mol. The normalized spacial score (nSPS) is 24.9. The summed E-state index contributed by atoms with van der Waals surface area (Å²) < 4.78 is 12.9. The second-order valence-electron chi connectivity index (χ2n) is 5.62. The van der Waals surface area contributed by atoms with Crippen molar-refractivity contribution >= 4 is 5.69 Å². The quantitative estimate of drug-likeness (QED) is 0.893. The highest BCUT2D eigenvalue weighted by Crippen LogP contribution is 2.18. The Labute approximate surface area is 114 Å². The molecule has 1 atom stereocenters. The molecule has 0 aromatic heterocycles. The highest BCUT2D eigenvalue weighted by molar-refractivity contribution is 5.46. The van der Waals surface area contributed by atoms with Crippen LogP contribution in [-0.2, 0) is 0 Å². The van der Waals surface area contributed by atoms with Crippen LogP contribution in [0.2, 0.25) is 0 Å². The number of benzene rings is 1. The molecule has 19 heavy (non-hydrogen) atoms. The van der Waals surface area contributed by atoms with Gasteiger partial charge in [-0.05, 0) is 49.7 Å². The van der Waals surface area contributed by atoms with E-state index >= 15 is 0 Å². The SMILES string of the molecule is Fc1ccc(N2CCN(CC3CCNC3)CC2)cc1. The Hall–Kier alpha value is -1.13. The molecule has 104 valence electrons. The first-order valence-corrected chi connectivity index (χ1v) is 7.25. The van der Waals surface area contributed by atoms with E-state index in [1.807, 2.05) is 12.1 Å². The lowest BCUT2D eigenvalue weighted by Crippen LogP contribution is -2.48. The number of hydrogen-bond donors (Lipinski definition) is 1. The van der Waals surface area contributed by atoms with Gasteiger partial charge in [0.1, 0.15) is 5.82 Å². The lowest BCUT2D eigenvalue weighted by atomic mass is 10.1. The van der Waals surface area contributed by atoms with E-state index in [4.69, 9.17) is 0 Å². The summed E-state index contributed by atoms with van der Waals surface area (Å²) in [6.45, 7) is 7.92. The first-order chi connectivity index (χ1) is 9.31. The molecule has 2 saturated heterocycles. The Kier molecular flexibility index (Phi) is 3.99. The van der Waals surface area contributed by atoms with Gasteiger partial charge in [-0.1, -0.05) is 0 Å². The van der Waals surface area contributed by atoms with Gasteiger partial charge in [0, 0.05) is 38.4 Å². The summed E-state index contributed by atoms with van der Waals surface area (Å²) in [5, 5.41) is 3.43. The van der Waals surface area contributed by atoms with Crippen LogP contribution in [0.15, 0.2) is 24.3 Å². The van der Waals surface area contributed by atoms with E-state index in [1.165, 1.54) is 26.1 Å². The largest absolute Gasteiger partial charge is 0.369 e. The van der Waals surface area contributed by atoms with Gasteiger partial charge in [0.25, 0.3) is 0 Å². The molecule has 2 heterocycles. The Bertz CT molecular complexity index is 392. The van der Waals surface area contributed by atoms with E-state index in [0.717, 1.165) is 37.8 Å². The Balaban J connectivity index is 1.50. The maximum atomic E-state index is 12.9. The summed E-state index contributed by atoms with van der Waals surface area (Å²) in [4.78, 5) is 4.92. The van der Waals surface area contributed by atoms with E-state index in [-0.39, 0.29) is 5.82 Å². The third-order valence-corrected chi connectivity index (χ3v) is 4.24. The molecule has 0 spiro atoms. The van der Waals surface area contributed by atoms with Crippen molar-refractivity contribution in [2.24, 2.45) is 5.92 Å². The van der Waals surface area contributed by atoms with Crippen molar-refractivity contribution < 1.29 is 4.39 Å². The second-order valence-corrected chi connectivity index (χ2v) is 5.62. The van der Waals surface area contributed by atoms with Crippen molar-refractivity contribution in [1.82, 2.24) is 10.2 Å². The molecule has 4 heteroatoms. The van der Waals surface area contributed by atoms with Crippen LogP contribution in [0, 0.1) is 11.7 Å². The molecular formula is C15H22FN3. The highest BCUT2D eigenvalue weighted by Gasteiger charge is 2.22. The molecule has 1 unspecified atom stereocenters. The van der Waals surface area contributed by atoms with Crippen LogP contribution >= 0.6 is 0 Å². The predicted octanol–water partition coefficient (Wildman–Crippen LogP) is 1.56. The van der Waals surface area contributed by atoms with Crippen LogP contribution in [-0.4, -0.2) is 50.7 Å². The number of hydrogen-bond acceptors (Lipinski definition) is 3. The molecule has 0 radical (unpaired) electrons. The van der Waals surface area contributed by atoms with E-state index in [9.17, 15) is 4.39 Å². The molecule has 2 aliphatic rings. The van der Waals surface area contributed by atoms with Crippen LogP contribution in [0.4, 0.5) is 10.1 Å². The molecule has 2 fully saturated rings. The minimum Gasteiger partial charge on any atom is -0.369 e. The fraction of sp³-hybridized carbons (Fsp3) is 0.600. The van der Waals surface area contributed by atoms with Crippen molar-refractivity contribution in [3.05, 3.63) is 30.1 Å². The summed E-state index contributed by atoms with van der Waals surface area (Å²) in [6, 6.07) is 6.86. The van der Waals surface area contributed by atoms with Gasteiger partial charge in [-0.2, -0.15) is 0 Å². The zero-order valence-electron chi connectivity index (χ0n) is 11.3. The summed E-state index contributed by atoms with van der Waals surface area (Å²) in [5.41, 5.74) is 1.14. The fourth-order valence-electron chi connectivity index (χ4n) is 3.08. The molecule has 3 rings (SSSR count). The molecule has 0 bridgehead atoms. The van der Waals surface area contributed by atoms with Gasteiger partial charge in [0.05, 0.1) is 0 Å². The van der Waals surface area contributed by atoms with Crippen molar-refractivity contribution in [1.29, 1.82) is 0 Å². The summed E-state index contributed by atoms with van der Waals surface area (Å²) in [6.07, 6.45) is 1.32. The summed E-state index contributed by atoms with van der Waals surface area (Å²) in [7, 11) is 0. The maximum absolute atomic E-state index is 12.9. The smallest absolute Gasteiger partial charge is 0.123 e. The van der Waals surface area contributed by atoms with Crippen molar-refractivity contribution in [3.63, 3.8) is 0 Å². The Morgan fingerprint density at radius 3 is 2.47 bits per heavy atom. The highest BCUT2D eigenvalue weighted by atomic mass is 19.1. The van der Waals surface area contributed by atoms with Crippen molar-refractivity contribution in [2.45, 2.75) is 6.42 Å². The number of nitrogens with zero attached hydrogens (tertiary/aromatic N) is 2. The van der Waals surface area contributed by atoms with Gasteiger partial charge in [0.15, 0.2) is 0 Å². The predicted molar refractivity (Wildman–Crippen MR) is 76.0 cm³/mol. The van der Waals surface area contributed by atoms with E-state index in [2.05, 4.69) is 15.1 Å². The van der Waals surface area contributed by atoms with E-state index in [0.29, 0.717) is 0 Å². The van der Waals surface area contributed by atoms with Gasteiger partial charge < -0.3 is 10.2 Å². The fourth-order valence-corrected chi connectivity index (χ4v) is 3.08. The number of anilines is 1. The molecule has 2 aliphatic heterocycles. The van der Waals surface area contributed by atoms with Gasteiger partial charge >= 0.3 is 0 Å². The Morgan fingerprint density at radius 1 is 1.11 bits per heavy atom. The average molecular weight is 263 g/mol.